The van der Waals surface area contributed by atoms with Crippen molar-refractivity contribution in [2.45, 2.75) is 32.2 Å². The summed E-state index contributed by atoms with van der Waals surface area (Å²) in [5, 5.41) is 7.21. The van der Waals surface area contributed by atoms with Crippen molar-refractivity contribution in [1.82, 2.24) is 15.2 Å². The Kier molecular flexibility index (Phi) is 8.75. The molecule has 1 aromatic heterocycles. The van der Waals surface area contributed by atoms with Gasteiger partial charge in [-0.15, -0.1) is 23.1 Å². The molecule has 0 aliphatic carbocycles. The first kappa shape index (κ1) is 27.9. The molecule has 0 aromatic carbocycles. The number of oxime groups is 1. The molecular weight excluding hydrogens is 530 g/mol. The third-order valence-electron chi connectivity index (χ3n) is 4.98. The van der Waals surface area contributed by atoms with Crippen LogP contribution in [0.3, 0.4) is 0 Å². The van der Waals surface area contributed by atoms with Gasteiger partial charge in [-0.25, -0.2) is 14.6 Å². The van der Waals surface area contributed by atoms with E-state index in [2.05, 4.69) is 15.5 Å². The van der Waals surface area contributed by atoms with Crippen LogP contribution in [-0.4, -0.2) is 83.1 Å². The summed E-state index contributed by atoms with van der Waals surface area (Å²) in [6, 6.07) is -1.00. The zero-order valence-corrected chi connectivity index (χ0v) is 22.0. The molecule has 0 bridgehead atoms. The third kappa shape index (κ3) is 6.37. The van der Waals surface area contributed by atoms with Crippen LogP contribution in [-0.2, 0) is 38.2 Å². The standard InChI is InChI=1S/C21H25N5O9S2/c1-21(2,3)19(30)35-9-34-18(29)14-10(5-33-20(22)31)6-37-17-13(16(28)26(14)17)24-15(27)12(25-32-4)11-7-36-8-23-11/h7-8,13,17H,5-6,9H2,1-4H3,(H2,22,31)(H,24,27)/b25-12+/t13?,17-/m1/s1. The van der Waals surface area contributed by atoms with Crippen LogP contribution in [0.5, 0.6) is 0 Å². The van der Waals surface area contributed by atoms with Crippen molar-refractivity contribution < 1.29 is 43.0 Å². The molecule has 1 saturated heterocycles. The summed E-state index contributed by atoms with van der Waals surface area (Å²) in [6.07, 6.45) is -1.07. The van der Waals surface area contributed by atoms with Gasteiger partial charge in [0.25, 0.3) is 11.8 Å². The Hall–Kier alpha value is -3.66. The van der Waals surface area contributed by atoms with E-state index in [1.807, 2.05) is 0 Å². The van der Waals surface area contributed by atoms with Crippen molar-refractivity contribution in [2.24, 2.45) is 16.3 Å². The van der Waals surface area contributed by atoms with Crippen molar-refractivity contribution in [3.63, 3.8) is 0 Å². The Morgan fingerprint density at radius 3 is 2.57 bits per heavy atom. The topological polar surface area (TPSA) is 189 Å². The summed E-state index contributed by atoms with van der Waals surface area (Å²) in [5.41, 5.74) is 5.95. The van der Waals surface area contributed by atoms with Crippen LogP contribution in [0.4, 0.5) is 4.79 Å². The number of aromatic nitrogens is 1. The third-order valence-corrected chi connectivity index (χ3v) is 6.91. The number of thiazole rings is 1. The van der Waals surface area contributed by atoms with E-state index in [0.717, 1.165) is 4.90 Å². The van der Waals surface area contributed by atoms with E-state index < -0.39 is 53.5 Å². The van der Waals surface area contributed by atoms with Gasteiger partial charge >= 0.3 is 18.0 Å². The summed E-state index contributed by atoms with van der Waals surface area (Å²) in [6.45, 7) is 3.84. The van der Waals surface area contributed by atoms with Crippen LogP contribution in [0.1, 0.15) is 26.5 Å². The number of hydrogen-bond donors (Lipinski definition) is 2. The molecule has 3 rings (SSSR count). The monoisotopic (exact) mass is 555 g/mol. The fourth-order valence-electron chi connectivity index (χ4n) is 3.20. The lowest BCUT2D eigenvalue weighted by Crippen LogP contribution is -2.71. The summed E-state index contributed by atoms with van der Waals surface area (Å²) in [7, 11) is 1.27. The largest absolute Gasteiger partial charge is 0.445 e. The van der Waals surface area contributed by atoms with E-state index in [4.69, 9.17) is 24.8 Å². The maximum absolute atomic E-state index is 13.1. The van der Waals surface area contributed by atoms with Crippen LogP contribution in [0.25, 0.3) is 0 Å². The first-order valence-corrected chi connectivity index (χ1v) is 12.7. The molecule has 16 heteroatoms. The molecule has 37 heavy (non-hydrogen) atoms. The van der Waals surface area contributed by atoms with Crippen molar-refractivity contribution in [2.75, 3.05) is 26.3 Å². The lowest BCUT2D eigenvalue weighted by atomic mass is 9.98. The molecule has 3 N–H and O–H groups in total. The lowest BCUT2D eigenvalue weighted by molar-refractivity contribution is -0.173. The van der Waals surface area contributed by atoms with Crippen molar-refractivity contribution >= 4 is 58.7 Å². The second kappa shape index (κ2) is 11.6. The van der Waals surface area contributed by atoms with E-state index in [0.29, 0.717) is 0 Å². The molecule has 0 radical (unpaired) electrons. The molecule has 0 spiro atoms. The molecule has 1 unspecified atom stereocenters. The quantitative estimate of drug-likeness (QED) is 0.140. The minimum absolute atomic E-state index is 0.123. The Bertz CT molecular complexity index is 1140. The van der Waals surface area contributed by atoms with Gasteiger partial charge in [0.1, 0.15) is 36.5 Å². The summed E-state index contributed by atoms with van der Waals surface area (Å²) >= 11 is 2.47. The second-order valence-corrected chi connectivity index (χ2v) is 10.5. The van der Waals surface area contributed by atoms with Crippen LogP contribution < -0.4 is 11.1 Å². The van der Waals surface area contributed by atoms with Gasteiger partial charge in [0.2, 0.25) is 6.79 Å². The van der Waals surface area contributed by atoms with Gasteiger partial charge < -0.3 is 30.1 Å². The number of carbonyl (C=O) groups excluding carboxylic acids is 5. The van der Waals surface area contributed by atoms with E-state index in [1.54, 1.807) is 26.2 Å². The number of esters is 2. The number of nitrogens with two attached hydrogens (primary N) is 1. The molecule has 2 aliphatic heterocycles. The Morgan fingerprint density at radius 1 is 1.24 bits per heavy atom. The Labute approximate surface area is 219 Å². The van der Waals surface area contributed by atoms with Gasteiger partial charge in [-0.3, -0.25) is 19.3 Å². The average Bonchev–Trinajstić information content (AvgIpc) is 3.37. The van der Waals surface area contributed by atoms with E-state index in [9.17, 15) is 24.0 Å². The van der Waals surface area contributed by atoms with Crippen LogP contribution in [0.2, 0.25) is 0 Å². The Balaban J connectivity index is 1.76. The van der Waals surface area contributed by atoms with Gasteiger partial charge in [-0.1, -0.05) is 5.16 Å². The molecule has 0 saturated carbocycles. The molecule has 3 amide bonds. The SMILES string of the molecule is CO/N=C(/C(=O)NC1C(=O)N2C(C(=O)OCOC(=O)C(C)(C)C)=C(COC(N)=O)CS[C@H]12)c1cscn1. The second-order valence-electron chi connectivity index (χ2n) is 8.65. The molecule has 1 fully saturated rings. The van der Waals surface area contributed by atoms with Gasteiger partial charge in [0.15, 0.2) is 5.71 Å². The first-order chi connectivity index (χ1) is 17.5. The molecule has 1 aromatic rings. The predicted molar refractivity (Wildman–Crippen MR) is 130 cm³/mol. The Morgan fingerprint density at radius 2 is 1.97 bits per heavy atom. The summed E-state index contributed by atoms with van der Waals surface area (Å²) in [4.78, 5) is 71.8. The molecular formula is C21H25N5O9S2. The minimum atomic E-state index is -1.07. The number of rotatable bonds is 9. The highest BCUT2D eigenvalue weighted by Crippen LogP contribution is 2.40. The molecule has 2 aliphatic rings. The van der Waals surface area contributed by atoms with E-state index in [1.165, 1.54) is 35.7 Å². The fourth-order valence-corrected chi connectivity index (χ4v) is 5.06. The lowest BCUT2D eigenvalue weighted by Gasteiger charge is -2.49. The normalized spacial score (nSPS) is 19.4. The number of thioether (sulfide) groups is 1. The van der Waals surface area contributed by atoms with Crippen molar-refractivity contribution in [1.29, 1.82) is 0 Å². The van der Waals surface area contributed by atoms with Gasteiger partial charge in [-0.2, -0.15) is 0 Å². The van der Waals surface area contributed by atoms with Gasteiger partial charge in [0.05, 0.1) is 10.9 Å². The highest BCUT2D eigenvalue weighted by atomic mass is 32.2. The molecule has 2 atom stereocenters. The number of hydrogen-bond acceptors (Lipinski definition) is 13. The number of primary amides is 1. The van der Waals surface area contributed by atoms with Gasteiger partial charge in [-0.05, 0) is 20.8 Å². The number of nitrogens with zero attached hydrogens (tertiary/aromatic N) is 3. The maximum Gasteiger partial charge on any atom is 0.404 e. The molecule has 200 valence electrons. The average molecular weight is 556 g/mol. The number of fused-ring (bicyclic) bond motifs is 1. The summed E-state index contributed by atoms with van der Waals surface area (Å²) in [5.74, 6) is -2.73. The van der Waals surface area contributed by atoms with Crippen LogP contribution in [0.15, 0.2) is 27.3 Å². The molecule has 3 heterocycles. The fraction of sp³-hybridized carbons (Fsp3) is 0.476. The highest BCUT2D eigenvalue weighted by Gasteiger charge is 2.55. The van der Waals surface area contributed by atoms with E-state index in [-0.39, 0.29) is 35.0 Å². The number of β-lactam (4-membered cyclic amide) rings is 1. The predicted octanol–water partition coefficient (Wildman–Crippen LogP) is 0.333. The zero-order chi connectivity index (χ0) is 27.3. The highest BCUT2D eigenvalue weighted by molar-refractivity contribution is 8.00. The number of ether oxygens (including phenoxy) is 3. The zero-order valence-electron chi connectivity index (χ0n) is 20.3. The first-order valence-electron chi connectivity index (χ1n) is 10.7. The van der Waals surface area contributed by atoms with Crippen LogP contribution >= 0.6 is 23.1 Å². The van der Waals surface area contributed by atoms with Crippen LogP contribution in [0, 0.1) is 5.41 Å². The van der Waals surface area contributed by atoms with E-state index >= 15 is 0 Å². The maximum atomic E-state index is 13.1. The number of nitrogens with one attached hydrogen (secondary N) is 1. The summed E-state index contributed by atoms with van der Waals surface area (Å²) < 4.78 is 14.9. The van der Waals surface area contributed by atoms with Crippen molar-refractivity contribution in [3.8, 4) is 0 Å². The van der Waals surface area contributed by atoms with Gasteiger partial charge in [0, 0.05) is 16.7 Å². The molecule has 14 nitrogen and oxygen atoms in total. The van der Waals surface area contributed by atoms with Crippen molar-refractivity contribution in [3.05, 3.63) is 27.9 Å². The minimum Gasteiger partial charge on any atom is -0.445 e. The smallest absolute Gasteiger partial charge is 0.404 e. The number of amides is 3. The number of carbonyl (C=O) groups is 5.